The minimum absolute atomic E-state index is 0.0498. The Morgan fingerprint density at radius 3 is 2.76 bits per heavy atom. The van der Waals surface area contributed by atoms with Crippen molar-refractivity contribution in [1.82, 2.24) is 5.32 Å². The van der Waals surface area contributed by atoms with Crippen molar-refractivity contribution >= 4 is 11.9 Å². The molecule has 5 heteroatoms. The first-order chi connectivity index (χ1) is 10.1. The molecule has 0 spiro atoms. The topological polar surface area (TPSA) is 75.6 Å². The number of hydrogen-bond acceptors (Lipinski definition) is 3. The lowest BCUT2D eigenvalue weighted by Gasteiger charge is -2.26. The average molecular weight is 289 g/mol. The molecule has 0 saturated heterocycles. The van der Waals surface area contributed by atoms with Crippen LogP contribution < -0.4 is 10.1 Å². The van der Waals surface area contributed by atoms with E-state index in [0.717, 1.165) is 24.2 Å². The Hall–Kier alpha value is -2.04. The van der Waals surface area contributed by atoms with Crippen molar-refractivity contribution in [2.45, 2.75) is 31.7 Å². The molecule has 1 aromatic carbocycles. The molecule has 1 aliphatic carbocycles. The fraction of sp³-hybridized carbons (Fsp3) is 0.500. The van der Waals surface area contributed by atoms with Crippen molar-refractivity contribution in [3.63, 3.8) is 0 Å². The van der Waals surface area contributed by atoms with Gasteiger partial charge in [0.2, 0.25) is 5.91 Å². The highest BCUT2D eigenvalue weighted by atomic mass is 16.5. The number of para-hydroxylation sites is 1. The van der Waals surface area contributed by atoms with Gasteiger partial charge in [-0.25, -0.2) is 0 Å². The van der Waals surface area contributed by atoms with Crippen LogP contribution in [0.15, 0.2) is 24.3 Å². The Bertz CT molecular complexity index is 557. The summed E-state index contributed by atoms with van der Waals surface area (Å²) in [6.45, 7) is 0.445. The van der Waals surface area contributed by atoms with Gasteiger partial charge in [0, 0.05) is 11.5 Å². The molecule has 1 amide bonds. The first-order valence-electron chi connectivity index (χ1n) is 7.40. The molecule has 112 valence electrons. The van der Waals surface area contributed by atoms with Gasteiger partial charge in [0.1, 0.15) is 12.4 Å². The molecule has 1 aliphatic heterocycles. The van der Waals surface area contributed by atoms with Crippen LogP contribution in [-0.2, 0) is 9.59 Å². The number of benzene rings is 1. The Morgan fingerprint density at radius 1 is 1.19 bits per heavy atom. The molecule has 1 saturated carbocycles. The van der Waals surface area contributed by atoms with Crippen LogP contribution in [0.1, 0.15) is 37.3 Å². The molecular formula is C16H19NO4. The fourth-order valence-electron chi connectivity index (χ4n) is 3.22. The molecule has 0 radical (unpaired) electrons. The molecule has 1 heterocycles. The second-order valence-corrected chi connectivity index (χ2v) is 5.81. The highest BCUT2D eigenvalue weighted by Crippen LogP contribution is 2.33. The van der Waals surface area contributed by atoms with E-state index in [0.29, 0.717) is 19.4 Å². The van der Waals surface area contributed by atoms with Crippen LogP contribution in [0.25, 0.3) is 0 Å². The lowest BCUT2D eigenvalue weighted by Crippen LogP contribution is -2.38. The van der Waals surface area contributed by atoms with Gasteiger partial charge in [-0.2, -0.15) is 0 Å². The zero-order valence-electron chi connectivity index (χ0n) is 11.7. The fourth-order valence-corrected chi connectivity index (χ4v) is 3.22. The number of carboxylic acid groups (broad SMARTS) is 1. The molecule has 1 fully saturated rings. The Balaban J connectivity index is 1.63. The van der Waals surface area contributed by atoms with Gasteiger partial charge in [0.15, 0.2) is 0 Å². The van der Waals surface area contributed by atoms with E-state index in [1.165, 1.54) is 0 Å². The van der Waals surface area contributed by atoms with E-state index in [4.69, 9.17) is 9.84 Å². The Labute approximate surface area is 123 Å². The highest BCUT2D eigenvalue weighted by molar-refractivity contribution is 5.80. The predicted molar refractivity (Wildman–Crippen MR) is 75.9 cm³/mol. The molecule has 1 aromatic rings. The van der Waals surface area contributed by atoms with Crippen molar-refractivity contribution in [1.29, 1.82) is 0 Å². The van der Waals surface area contributed by atoms with Crippen LogP contribution in [0.4, 0.5) is 0 Å². The maximum absolute atomic E-state index is 12.4. The third-order valence-corrected chi connectivity index (χ3v) is 4.41. The first-order valence-corrected chi connectivity index (χ1v) is 7.40. The first kappa shape index (κ1) is 13.9. The number of fused-ring (bicyclic) bond motifs is 1. The molecule has 0 bridgehead atoms. The second kappa shape index (κ2) is 5.76. The van der Waals surface area contributed by atoms with E-state index in [1.54, 1.807) is 0 Å². The van der Waals surface area contributed by atoms with Crippen LogP contribution >= 0.6 is 0 Å². The van der Waals surface area contributed by atoms with Gasteiger partial charge in [0.25, 0.3) is 0 Å². The van der Waals surface area contributed by atoms with Gasteiger partial charge < -0.3 is 15.2 Å². The van der Waals surface area contributed by atoms with Crippen LogP contribution in [-0.4, -0.2) is 23.6 Å². The summed E-state index contributed by atoms with van der Waals surface area (Å²) < 4.78 is 5.55. The van der Waals surface area contributed by atoms with Crippen LogP contribution in [0.5, 0.6) is 5.75 Å². The molecule has 3 atom stereocenters. The van der Waals surface area contributed by atoms with Crippen LogP contribution in [0.2, 0.25) is 0 Å². The van der Waals surface area contributed by atoms with Gasteiger partial charge in [0.05, 0.1) is 12.0 Å². The second-order valence-electron chi connectivity index (χ2n) is 5.81. The number of rotatable bonds is 3. The summed E-state index contributed by atoms with van der Waals surface area (Å²) in [7, 11) is 0. The van der Waals surface area contributed by atoms with E-state index in [-0.39, 0.29) is 23.8 Å². The predicted octanol–water partition coefficient (Wildman–Crippen LogP) is 2.13. The largest absolute Gasteiger partial charge is 0.491 e. The number of carbonyl (C=O) groups is 2. The summed E-state index contributed by atoms with van der Waals surface area (Å²) in [5, 5.41) is 12.1. The normalized spacial score (nSPS) is 27.5. The highest BCUT2D eigenvalue weighted by Gasteiger charge is 2.33. The number of ether oxygens (including phenoxy) is 1. The Morgan fingerprint density at radius 2 is 1.95 bits per heavy atom. The number of amides is 1. The van der Waals surface area contributed by atoms with Crippen molar-refractivity contribution in [3.8, 4) is 5.75 Å². The smallest absolute Gasteiger partial charge is 0.306 e. The molecular weight excluding hydrogens is 270 g/mol. The van der Waals surface area contributed by atoms with Crippen LogP contribution in [0.3, 0.4) is 0 Å². The van der Waals surface area contributed by atoms with Crippen LogP contribution in [0, 0.1) is 11.8 Å². The SMILES string of the molecule is O=C(O)[C@@H]1CCC[C@@H](C(=O)N[C@H]2COc3ccccc32)C1. The molecule has 0 unspecified atom stereocenters. The maximum Gasteiger partial charge on any atom is 0.306 e. The summed E-state index contributed by atoms with van der Waals surface area (Å²) in [5.41, 5.74) is 0.997. The molecule has 3 rings (SSSR count). The monoisotopic (exact) mass is 289 g/mol. The lowest BCUT2D eigenvalue weighted by molar-refractivity contribution is -0.144. The van der Waals surface area contributed by atoms with Crippen molar-refractivity contribution in [2.75, 3.05) is 6.61 Å². The standard InChI is InChI=1S/C16H19NO4/c18-15(10-4-3-5-11(8-10)16(19)20)17-13-9-21-14-7-2-1-6-12(13)14/h1-2,6-7,10-11,13H,3-5,8-9H2,(H,17,18)(H,19,20)/t10-,11-,13+/m1/s1. The van der Waals surface area contributed by atoms with Gasteiger partial charge >= 0.3 is 5.97 Å². The number of hydrogen-bond donors (Lipinski definition) is 2. The molecule has 2 N–H and O–H groups in total. The third kappa shape index (κ3) is 2.86. The van der Waals surface area contributed by atoms with E-state index in [2.05, 4.69) is 5.32 Å². The third-order valence-electron chi connectivity index (χ3n) is 4.41. The minimum atomic E-state index is -0.790. The molecule has 21 heavy (non-hydrogen) atoms. The zero-order chi connectivity index (χ0) is 14.8. The summed E-state index contributed by atoms with van der Waals surface area (Å²) in [5.74, 6) is -0.614. The van der Waals surface area contributed by atoms with Gasteiger partial charge in [-0.1, -0.05) is 24.6 Å². The number of carboxylic acids is 1. The van der Waals surface area contributed by atoms with E-state index in [9.17, 15) is 9.59 Å². The van der Waals surface area contributed by atoms with Gasteiger partial charge in [-0.05, 0) is 25.3 Å². The van der Waals surface area contributed by atoms with Crippen molar-refractivity contribution < 1.29 is 19.4 Å². The summed E-state index contributed by atoms with van der Waals surface area (Å²) in [6, 6.07) is 7.55. The summed E-state index contributed by atoms with van der Waals surface area (Å²) in [6.07, 6.45) is 2.68. The van der Waals surface area contributed by atoms with Gasteiger partial charge in [-0.3, -0.25) is 9.59 Å². The molecule has 5 nitrogen and oxygen atoms in total. The van der Waals surface area contributed by atoms with Gasteiger partial charge in [-0.15, -0.1) is 0 Å². The van der Waals surface area contributed by atoms with Crippen molar-refractivity contribution in [3.05, 3.63) is 29.8 Å². The number of carbonyl (C=O) groups excluding carboxylic acids is 1. The zero-order valence-corrected chi connectivity index (χ0v) is 11.7. The average Bonchev–Trinajstić information content (AvgIpc) is 2.91. The number of aliphatic carboxylic acids is 1. The maximum atomic E-state index is 12.4. The quantitative estimate of drug-likeness (QED) is 0.893. The lowest BCUT2D eigenvalue weighted by atomic mass is 9.81. The molecule has 0 aromatic heterocycles. The van der Waals surface area contributed by atoms with E-state index < -0.39 is 5.97 Å². The Kier molecular flexibility index (Phi) is 3.82. The van der Waals surface area contributed by atoms with E-state index in [1.807, 2.05) is 24.3 Å². The van der Waals surface area contributed by atoms with E-state index >= 15 is 0 Å². The van der Waals surface area contributed by atoms with Crippen molar-refractivity contribution in [2.24, 2.45) is 11.8 Å². The number of nitrogens with one attached hydrogen (secondary N) is 1. The molecule has 2 aliphatic rings. The summed E-state index contributed by atoms with van der Waals surface area (Å²) >= 11 is 0. The minimum Gasteiger partial charge on any atom is -0.491 e. The summed E-state index contributed by atoms with van der Waals surface area (Å²) in [4.78, 5) is 23.5.